The van der Waals surface area contributed by atoms with Crippen LogP contribution in [-0.4, -0.2) is 62.3 Å². The maximum Gasteiger partial charge on any atom is 0.239 e. The number of hydrogen-bond acceptors (Lipinski definition) is 4. The highest BCUT2D eigenvalue weighted by atomic mass is 16.5. The SMILES string of the molecule is COCCOCCC(=O)N1CC(=O)NC2CCCCC21. The first-order valence-electron chi connectivity index (χ1n) is 7.38. The predicted molar refractivity (Wildman–Crippen MR) is 73.2 cm³/mol. The Labute approximate surface area is 119 Å². The third-order valence-electron chi connectivity index (χ3n) is 4.00. The number of amides is 2. The molecule has 1 aliphatic heterocycles. The Bertz CT molecular complexity index is 348. The summed E-state index contributed by atoms with van der Waals surface area (Å²) in [7, 11) is 1.62. The van der Waals surface area contributed by atoms with Crippen LogP contribution in [0.25, 0.3) is 0 Å². The molecular formula is C14H24N2O4. The van der Waals surface area contributed by atoms with Crippen molar-refractivity contribution in [1.82, 2.24) is 10.2 Å². The highest BCUT2D eigenvalue weighted by Crippen LogP contribution is 2.26. The number of nitrogens with zero attached hydrogens (tertiary/aromatic N) is 1. The summed E-state index contributed by atoms with van der Waals surface area (Å²) < 4.78 is 10.2. The number of piperazine rings is 1. The smallest absolute Gasteiger partial charge is 0.239 e. The van der Waals surface area contributed by atoms with Crippen molar-refractivity contribution in [3.63, 3.8) is 0 Å². The van der Waals surface area contributed by atoms with E-state index in [1.807, 2.05) is 0 Å². The molecule has 2 aliphatic rings. The lowest BCUT2D eigenvalue weighted by atomic mass is 9.87. The highest BCUT2D eigenvalue weighted by Gasteiger charge is 2.38. The minimum absolute atomic E-state index is 0.0224. The van der Waals surface area contributed by atoms with Crippen LogP contribution in [-0.2, 0) is 19.1 Å². The Morgan fingerprint density at radius 1 is 1.30 bits per heavy atom. The zero-order valence-corrected chi connectivity index (χ0v) is 12.1. The zero-order chi connectivity index (χ0) is 14.4. The van der Waals surface area contributed by atoms with E-state index in [1.165, 1.54) is 0 Å². The minimum Gasteiger partial charge on any atom is -0.382 e. The average molecular weight is 284 g/mol. The summed E-state index contributed by atoms with van der Waals surface area (Å²) in [5.74, 6) is -0.0176. The van der Waals surface area contributed by atoms with Gasteiger partial charge in [-0.15, -0.1) is 0 Å². The number of methoxy groups -OCH3 is 1. The number of carbonyl (C=O) groups is 2. The van der Waals surface area contributed by atoms with E-state index in [-0.39, 0.29) is 30.4 Å². The molecule has 0 spiro atoms. The van der Waals surface area contributed by atoms with Gasteiger partial charge in [0.15, 0.2) is 0 Å². The van der Waals surface area contributed by atoms with Crippen LogP contribution in [0.3, 0.4) is 0 Å². The lowest BCUT2D eigenvalue weighted by Gasteiger charge is -2.44. The van der Waals surface area contributed by atoms with Crippen LogP contribution in [0, 0.1) is 0 Å². The van der Waals surface area contributed by atoms with E-state index in [0.29, 0.717) is 26.2 Å². The topological polar surface area (TPSA) is 67.9 Å². The van der Waals surface area contributed by atoms with Crippen LogP contribution in [0.4, 0.5) is 0 Å². The Hall–Kier alpha value is -1.14. The molecule has 2 amide bonds. The maximum atomic E-state index is 12.3. The highest BCUT2D eigenvalue weighted by molar-refractivity contribution is 5.86. The molecule has 6 heteroatoms. The number of rotatable bonds is 6. The molecule has 0 aromatic carbocycles. The summed E-state index contributed by atoms with van der Waals surface area (Å²) in [6, 6.07) is 0.316. The summed E-state index contributed by atoms with van der Waals surface area (Å²) in [6.07, 6.45) is 4.56. The van der Waals surface area contributed by atoms with Crippen molar-refractivity contribution in [3.8, 4) is 0 Å². The molecule has 0 radical (unpaired) electrons. The molecule has 0 bridgehead atoms. The van der Waals surface area contributed by atoms with Gasteiger partial charge in [0, 0.05) is 13.2 Å². The summed E-state index contributed by atoms with van der Waals surface area (Å²) in [6.45, 7) is 1.61. The number of nitrogens with one attached hydrogen (secondary N) is 1. The largest absolute Gasteiger partial charge is 0.382 e. The van der Waals surface area contributed by atoms with Gasteiger partial charge in [-0.05, 0) is 12.8 Å². The quantitative estimate of drug-likeness (QED) is 0.713. The van der Waals surface area contributed by atoms with E-state index in [2.05, 4.69) is 5.32 Å². The van der Waals surface area contributed by atoms with Gasteiger partial charge in [-0.25, -0.2) is 0 Å². The molecule has 1 saturated carbocycles. The van der Waals surface area contributed by atoms with E-state index in [1.54, 1.807) is 12.0 Å². The van der Waals surface area contributed by atoms with Gasteiger partial charge in [-0.3, -0.25) is 9.59 Å². The van der Waals surface area contributed by atoms with Gasteiger partial charge in [0.2, 0.25) is 11.8 Å². The first kappa shape index (κ1) is 15.3. The van der Waals surface area contributed by atoms with E-state index in [0.717, 1.165) is 25.7 Å². The minimum atomic E-state index is -0.0400. The molecule has 1 N–H and O–H groups in total. The van der Waals surface area contributed by atoms with Crippen molar-refractivity contribution < 1.29 is 19.1 Å². The van der Waals surface area contributed by atoms with Crippen LogP contribution in [0.15, 0.2) is 0 Å². The van der Waals surface area contributed by atoms with Gasteiger partial charge in [0.1, 0.15) is 0 Å². The van der Waals surface area contributed by atoms with Crippen molar-refractivity contribution in [2.75, 3.05) is 33.5 Å². The second-order valence-electron chi connectivity index (χ2n) is 5.40. The Morgan fingerprint density at radius 2 is 2.10 bits per heavy atom. The van der Waals surface area contributed by atoms with E-state index in [4.69, 9.17) is 9.47 Å². The fourth-order valence-electron chi connectivity index (χ4n) is 3.00. The van der Waals surface area contributed by atoms with E-state index < -0.39 is 0 Å². The molecule has 1 heterocycles. The number of ether oxygens (including phenoxy) is 2. The van der Waals surface area contributed by atoms with Crippen LogP contribution in [0.5, 0.6) is 0 Å². The van der Waals surface area contributed by atoms with Crippen LogP contribution in [0.1, 0.15) is 32.1 Å². The first-order chi connectivity index (χ1) is 9.72. The Balaban J connectivity index is 1.82. The summed E-state index contributed by atoms with van der Waals surface area (Å²) >= 11 is 0. The first-order valence-corrected chi connectivity index (χ1v) is 7.38. The van der Waals surface area contributed by atoms with Gasteiger partial charge >= 0.3 is 0 Å². The molecule has 0 aromatic rings. The monoisotopic (exact) mass is 284 g/mol. The Morgan fingerprint density at radius 3 is 2.90 bits per heavy atom. The third-order valence-corrected chi connectivity index (χ3v) is 4.00. The molecule has 114 valence electrons. The predicted octanol–water partition coefficient (Wildman–Crippen LogP) is 0.309. The summed E-state index contributed by atoms with van der Waals surface area (Å²) in [5.41, 5.74) is 0. The zero-order valence-electron chi connectivity index (χ0n) is 12.1. The van der Waals surface area contributed by atoms with Crippen LogP contribution >= 0.6 is 0 Å². The van der Waals surface area contributed by atoms with Crippen molar-refractivity contribution in [1.29, 1.82) is 0 Å². The van der Waals surface area contributed by atoms with Crippen molar-refractivity contribution in [3.05, 3.63) is 0 Å². The van der Waals surface area contributed by atoms with Crippen molar-refractivity contribution in [2.24, 2.45) is 0 Å². The number of carbonyl (C=O) groups excluding carboxylic acids is 2. The molecule has 1 aliphatic carbocycles. The van der Waals surface area contributed by atoms with Gasteiger partial charge in [0.25, 0.3) is 0 Å². The summed E-state index contributed by atoms with van der Waals surface area (Å²) in [4.78, 5) is 25.7. The third kappa shape index (κ3) is 3.93. The molecule has 6 nitrogen and oxygen atoms in total. The molecule has 20 heavy (non-hydrogen) atoms. The Kier molecular flexibility index (Phi) is 5.79. The molecular weight excluding hydrogens is 260 g/mol. The van der Waals surface area contributed by atoms with Gasteiger partial charge in [-0.2, -0.15) is 0 Å². The molecule has 0 aromatic heterocycles. The molecule has 2 fully saturated rings. The normalized spacial score (nSPS) is 26.1. The molecule has 2 atom stereocenters. The van der Waals surface area contributed by atoms with Gasteiger partial charge in [0.05, 0.1) is 38.8 Å². The second-order valence-corrected chi connectivity index (χ2v) is 5.40. The lowest BCUT2D eigenvalue weighted by molar-refractivity contribution is -0.145. The molecule has 2 rings (SSSR count). The second kappa shape index (κ2) is 7.59. The maximum absolute atomic E-state index is 12.3. The van der Waals surface area contributed by atoms with Crippen LogP contribution < -0.4 is 5.32 Å². The number of hydrogen-bond donors (Lipinski definition) is 1. The van der Waals surface area contributed by atoms with Crippen molar-refractivity contribution >= 4 is 11.8 Å². The number of fused-ring (bicyclic) bond motifs is 1. The fourth-order valence-corrected chi connectivity index (χ4v) is 3.00. The van der Waals surface area contributed by atoms with Gasteiger partial charge in [-0.1, -0.05) is 12.8 Å². The fraction of sp³-hybridized carbons (Fsp3) is 0.857. The van der Waals surface area contributed by atoms with E-state index in [9.17, 15) is 9.59 Å². The van der Waals surface area contributed by atoms with Crippen molar-refractivity contribution in [2.45, 2.75) is 44.2 Å². The molecule has 2 unspecified atom stereocenters. The van der Waals surface area contributed by atoms with E-state index >= 15 is 0 Å². The van der Waals surface area contributed by atoms with Gasteiger partial charge < -0.3 is 19.7 Å². The summed E-state index contributed by atoms with van der Waals surface area (Å²) in [5, 5.41) is 3.01. The average Bonchev–Trinajstić information content (AvgIpc) is 2.46. The lowest BCUT2D eigenvalue weighted by Crippen LogP contribution is -2.63. The standard InChI is InChI=1S/C14H24N2O4/c1-19-8-9-20-7-6-14(18)16-10-13(17)15-11-4-2-3-5-12(11)16/h11-12H,2-10H2,1H3,(H,15,17). The van der Waals surface area contributed by atoms with Crippen LogP contribution in [0.2, 0.25) is 0 Å². The molecule has 1 saturated heterocycles.